The van der Waals surface area contributed by atoms with Gasteiger partial charge in [0.05, 0.1) is 12.7 Å². The minimum absolute atomic E-state index is 0.429. The van der Waals surface area contributed by atoms with Crippen LogP contribution in [0, 0.1) is 5.92 Å². The molecule has 1 N–H and O–H groups in total. The van der Waals surface area contributed by atoms with Crippen LogP contribution >= 0.6 is 0 Å². The van der Waals surface area contributed by atoms with Crippen molar-refractivity contribution >= 4 is 0 Å². The van der Waals surface area contributed by atoms with Crippen molar-refractivity contribution in [1.29, 1.82) is 0 Å². The van der Waals surface area contributed by atoms with Crippen LogP contribution in [-0.4, -0.2) is 38.5 Å². The average Bonchev–Trinajstić information content (AvgIpc) is 2.85. The predicted molar refractivity (Wildman–Crippen MR) is 64.6 cm³/mol. The molecule has 0 amide bonds. The zero-order valence-corrected chi connectivity index (χ0v) is 10.4. The second kappa shape index (κ2) is 6.58. The fourth-order valence-electron chi connectivity index (χ4n) is 2.85. The van der Waals surface area contributed by atoms with Crippen molar-refractivity contribution in [3.8, 4) is 0 Å². The van der Waals surface area contributed by atoms with Gasteiger partial charge >= 0.3 is 0 Å². The van der Waals surface area contributed by atoms with E-state index in [0.29, 0.717) is 18.1 Å². The predicted octanol–water partition coefficient (Wildman–Crippen LogP) is 1.96. The molecule has 0 aromatic carbocycles. The Morgan fingerprint density at radius 1 is 1.25 bits per heavy atom. The smallest absolute Gasteiger partial charge is 0.0732 e. The third kappa shape index (κ3) is 3.19. The Morgan fingerprint density at radius 2 is 2.12 bits per heavy atom. The Morgan fingerprint density at radius 3 is 2.75 bits per heavy atom. The molecule has 2 rings (SSSR count). The molecule has 2 heterocycles. The zero-order valence-electron chi connectivity index (χ0n) is 10.4. The average molecular weight is 227 g/mol. The molecule has 0 bridgehead atoms. The lowest BCUT2D eigenvalue weighted by Crippen LogP contribution is -2.48. The van der Waals surface area contributed by atoms with E-state index in [0.717, 1.165) is 26.4 Å². The lowest BCUT2D eigenvalue weighted by atomic mass is 9.89. The van der Waals surface area contributed by atoms with E-state index in [-0.39, 0.29) is 0 Å². The van der Waals surface area contributed by atoms with E-state index >= 15 is 0 Å². The number of ether oxygens (including phenoxy) is 2. The monoisotopic (exact) mass is 227 g/mol. The molecular formula is C13H25NO2. The summed E-state index contributed by atoms with van der Waals surface area (Å²) < 4.78 is 11.5. The van der Waals surface area contributed by atoms with Crippen molar-refractivity contribution in [1.82, 2.24) is 5.32 Å². The van der Waals surface area contributed by atoms with E-state index in [1.54, 1.807) is 0 Å². The topological polar surface area (TPSA) is 30.5 Å². The number of nitrogens with one attached hydrogen (secondary N) is 1. The molecular weight excluding hydrogens is 202 g/mol. The highest BCUT2D eigenvalue weighted by Gasteiger charge is 2.32. The molecule has 16 heavy (non-hydrogen) atoms. The summed E-state index contributed by atoms with van der Waals surface area (Å²) in [5, 5.41) is 3.68. The van der Waals surface area contributed by atoms with Crippen molar-refractivity contribution in [3.05, 3.63) is 0 Å². The van der Waals surface area contributed by atoms with E-state index in [2.05, 4.69) is 12.2 Å². The lowest BCUT2D eigenvalue weighted by molar-refractivity contribution is -0.00358. The van der Waals surface area contributed by atoms with Crippen molar-refractivity contribution < 1.29 is 9.47 Å². The first kappa shape index (κ1) is 12.3. The van der Waals surface area contributed by atoms with Crippen LogP contribution in [0.25, 0.3) is 0 Å². The van der Waals surface area contributed by atoms with Gasteiger partial charge in [0.25, 0.3) is 0 Å². The van der Waals surface area contributed by atoms with Gasteiger partial charge in [0.2, 0.25) is 0 Å². The maximum absolute atomic E-state index is 5.85. The summed E-state index contributed by atoms with van der Waals surface area (Å²) in [5.74, 6) is 0.656. The molecule has 0 aliphatic carbocycles. The van der Waals surface area contributed by atoms with Gasteiger partial charge in [-0.15, -0.1) is 0 Å². The SMILES string of the molecule is CCCNC(C1CCCOC1)C1CCCO1. The van der Waals surface area contributed by atoms with Crippen LogP contribution in [0.1, 0.15) is 39.0 Å². The van der Waals surface area contributed by atoms with E-state index in [1.807, 2.05) is 0 Å². The van der Waals surface area contributed by atoms with Gasteiger partial charge in [-0.2, -0.15) is 0 Å². The minimum Gasteiger partial charge on any atom is -0.381 e. The number of hydrogen-bond acceptors (Lipinski definition) is 3. The maximum Gasteiger partial charge on any atom is 0.0732 e. The molecule has 0 aromatic heterocycles. The van der Waals surface area contributed by atoms with Gasteiger partial charge in [-0.25, -0.2) is 0 Å². The van der Waals surface area contributed by atoms with Crippen molar-refractivity contribution in [2.45, 2.75) is 51.2 Å². The Labute approximate surface area is 98.9 Å². The van der Waals surface area contributed by atoms with E-state index in [4.69, 9.17) is 9.47 Å². The van der Waals surface area contributed by atoms with Gasteiger partial charge < -0.3 is 14.8 Å². The molecule has 2 aliphatic rings. The van der Waals surface area contributed by atoms with Gasteiger partial charge in [0, 0.05) is 25.2 Å². The quantitative estimate of drug-likeness (QED) is 0.779. The van der Waals surface area contributed by atoms with Gasteiger partial charge in [-0.3, -0.25) is 0 Å². The Balaban J connectivity index is 1.89. The van der Waals surface area contributed by atoms with Crippen LogP contribution in [-0.2, 0) is 9.47 Å². The van der Waals surface area contributed by atoms with Crippen LogP contribution in [0.15, 0.2) is 0 Å². The van der Waals surface area contributed by atoms with Crippen LogP contribution in [0.2, 0.25) is 0 Å². The lowest BCUT2D eigenvalue weighted by Gasteiger charge is -2.34. The van der Waals surface area contributed by atoms with Crippen LogP contribution in [0.4, 0.5) is 0 Å². The van der Waals surface area contributed by atoms with E-state index in [1.165, 1.54) is 32.1 Å². The van der Waals surface area contributed by atoms with E-state index in [9.17, 15) is 0 Å². The summed E-state index contributed by atoms with van der Waals surface area (Å²) >= 11 is 0. The molecule has 2 fully saturated rings. The first-order valence-electron chi connectivity index (χ1n) is 6.84. The Bertz CT molecular complexity index is 186. The molecule has 94 valence electrons. The molecule has 2 aliphatic heterocycles. The molecule has 0 spiro atoms. The fourth-order valence-corrected chi connectivity index (χ4v) is 2.85. The molecule has 3 unspecified atom stereocenters. The molecule has 3 nitrogen and oxygen atoms in total. The van der Waals surface area contributed by atoms with Crippen molar-refractivity contribution in [2.75, 3.05) is 26.4 Å². The first-order chi connectivity index (χ1) is 7.92. The maximum atomic E-state index is 5.85. The summed E-state index contributed by atoms with van der Waals surface area (Å²) in [6.07, 6.45) is 6.57. The van der Waals surface area contributed by atoms with Crippen LogP contribution in [0.3, 0.4) is 0 Å². The second-order valence-electron chi connectivity index (χ2n) is 5.01. The summed E-state index contributed by atoms with van der Waals surface area (Å²) in [5.41, 5.74) is 0. The molecule has 0 aromatic rings. The van der Waals surface area contributed by atoms with Crippen LogP contribution in [0.5, 0.6) is 0 Å². The molecule has 3 heteroatoms. The van der Waals surface area contributed by atoms with E-state index < -0.39 is 0 Å². The largest absolute Gasteiger partial charge is 0.381 e. The van der Waals surface area contributed by atoms with Crippen molar-refractivity contribution in [3.63, 3.8) is 0 Å². The Kier molecular flexibility index (Phi) is 5.07. The fraction of sp³-hybridized carbons (Fsp3) is 1.00. The van der Waals surface area contributed by atoms with Crippen molar-refractivity contribution in [2.24, 2.45) is 5.92 Å². The highest BCUT2D eigenvalue weighted by Crippen LogP contribution is 2.26. The standard InChI is InChI=1S/C13H25NO2/c1-2-7-14-13(12-6-4-9-16-12)11-5-3-8-15-10-11/h11-14H,2-10H2,1H3. The van der Waals surface area contributed by atoms with Gasteiger partial charge in [-0.1, -0.05) is 6.92 Å². The van der Waals surface area contributed by atoms with Gasteiger partial charge in [0.1, 0.15) is 0 Å². The second-order valence-corrected chi connectivity index (χ2v) is 5.01. The molecule has 0 saturated carbocycles. The third-order valence-corrected chi connectivity index (χ3v) is 3.70. The van der Waals surface area contributed by atoms with Gasteiger partial charge in [-0.05, 0) is 38.6 Å². The van der Waals surface area contributed by atoms with Gasteiger partial charge in [0.15, 0.2) is 0 Å². The van der Waals surface area contributed by atoms with Crippen LogP contribution < -0.4 is 5.32 Å². The minimum atomic E-state index is 0.429. The number of hydrogen-bond donors (Lipinski definition) is 1. The Hall–Kier alpha value is -0.120. The molecule has 2 saturated heterocycles. The summed E-state index contributed by atoms with van der Waals surface area (Å²) in [6.45, 7) is 6.13. The zero-order chi connectivity index (χ0) is 11.2. The first-order valence-corrected chi connectivity index (χ1v) is 6.84. The summed E-state index contributed by atoms with van der Waals surface area (Å²) in [7, 11) is 0. The molecule has 3 atom stereocenters. The molecule has 0 radical (unpaired) electrons. The highest BCUT2D eigenvalue weighted by molar-refractivity contribution is 4.87. The summed E-state index contributed by atoms with van der Waals surface area (Å²) in [6, 6.07) is 0.516. The normalized spacial score (nSPS) is 32.8. The summed E-state index contributed by atoms with van der Waals surface area (Å²) in [4.78, 5) is 0. The highest BCUT2D eigenvalue weighted by atomic mass is 16.5. The number of rotatable bonds is 5. The third-order valence-electron chi connectivity index (χ3n) is 3.70.